The molecule has 0 aromatic rings. The van der Waals surface area contributed by atoms with Gasteiger partial charge in [-0.15, -0.1) is 0 Å². The molecule has 0 amide bonds. The smallest absolute Gasteiger partial charge is 0.136 e. The summed E-state index contributed by atoms with van der Waals surface area (Å²) in [6.07, 6.45) is 5.49. The Bertz CT molecular complexity index is 167. The molecule has 0 heterocycles. The number of ketones is 1. The molecule has 1 saturated carbocycles. The molecule has 1 fully saturated rings. The van der Waals surface area contributed by atoms with E-state index in [0.29, 0.717) is 11.7 Å². The Morgan fingerprint density at radius 2 is 2.38 bits per heavy atom. The summed E-state index contributed by atoms with van der Waals surface area (Å²) >= 11 is 2.01. The van der Waals surface area contributed by atoms with Crippen LogP contribution in [-0.4, -0.2) is 16.8 Å². The summed E-state index contributed by atoms with van der Waals surface area (Å²) < 4.78 is 0. The lowest BCUT2D eigenvalue weighted by atomic mass is 10.1. The lowest BCUT2D eigenvalue weighted by molar-refractivity contribution is -0.120. The van der Waals surface area contributed by atoms with Crippen LogP contribution in [0.5, 0.6) is 0 Å². The van der Waals surface area contributed by atoms with Gasteiger partial charge in [-0.3, -0.25) is 4.79 Å². The van der Waals surface area contributed by atoms with E-state index in [1.165, 1.54) is 12.2 Å². The number of rotatable bonds is 5. The van der Waals surface area contributed by atoms with Gasteiger partial charge in [0, 0.05) is 17.6 Å². The van der Waals surface area contributed by atoms with Gasteiger partial charge >= 0.3 is 0 Å². The van der Waals surface area contributed by atoms with Crippen LogP contribution in [0.15, 0.2) is 0 Å². The highest BCUT2D eigenvalue weighted by molar-refractivity contribution is 7.99. The van der Waals surface area contributed by atoms with Crippen molar-refractivity contribution in [3.05, 3.63) is 0 Å². The van der Waals surface area contributed by atoms with Crippen molar-refractivity contribution < 1.29 is 4.79 Å². The van der Waals surface area contributed by atoms with E-state index in [4.69, 9.17) is 0 Å². The van der Waals surface area contributed by atoms with E-state index < -0.39 is 0 Å². The third kappa shape index (κ3) is 3.72. The first-order valence-electron chi connectivity index (χ1n) is 5.38. The zero-order chi connectivity index (χ0) is 9.68. The van der Waals surface area contributed by atoms with E-state index in [9.17, 15) is 4.79 Å². The number of carbonyl (C=O) groups excluding carboxylic acids is 1. The van der Waals surface area contributed by atoms with E-state index in [1.54, 1.807) is 0 Å². The maximum absolute atomic E-state index is 11.3. The first kappa shape index (κ1) is 11.1. The van der Waals surface area contributed by atoms with Crippen LogP contribution in [0.4, 0.5) is 0 Å². The summed E-state index contributed by atoms with van der Waals surface area (Å²) in [6.45, 7) is 4.49. The number of hydrogen-bond donors (Lipinski definition) is 0. The molecule has 0 radical (unpaired) electrons. The minimum atomic E-state index is 0.413. The molecule has 13 heavy (non-hydrogen) atoms. The lowest BCUT2D eigenvalue weighted by Gasteiger charge is -2.10. The first-order valence-corrected chi connectivity index (χ1v) is 6.43. The van der Waals surface area contributed by atoms with Crippen LogP contribution in [0.25, 0.3) is 0 Å². The van der Waals surface area contributed by atoms with Crippen molar-refractivity contribution in [2.75, 3.05) is 5.75 Å². The molecule has 0 spiro atoms. The highest BCUT2D eigenvalue weighted by Crippen LogP contribution is 2.26. The molecule has 2 unspecified atom stereocenters. The Kier molecular flexibility index (Phi) is 4.86. The monoisotopic (exact) mass is 200 g/mol. The van der Waals surface area contributed by atoms with E-state index in [2.05, 4.69) is 13.8 Å². The van der Waals surface area contributed by atoms with Crippen molar-refractivity contribution in [1.82, 2.24) is 0 Å². The molecule has 0 N–H and O–H groups in total. The quantitative estimate of drug-likeness (QED) is 0.677. The summed E-state index contributed by atoms with van der Waals surface area (Å²) in [4.78, 5) is 11.3. The molecule has 0 bridgehead atoms. The number of carbonyl (C=O) groups is 1. The number of Topliss-reactive ketones (excluding diaryl/α,β-unsaturated/α-hetero) is 1. The predicted molar refractivity (Wildman–Crippen MR) is 59.2 cm³/mol. The molecule has 0 saturated heterocycles. The van der Waals surface area contributed by atoms with Crippen LogP contribution in [0, 0.1) is 5.92 Å². The zero-order valence-electron chi connectivity index (χ0n) is 8.71. The molecular weight excluding hydrogens is 180 g/mol. The Morgan fingerprint density at radius 3 is 2.92 bits per heavy atom. The third-order valence-corrected chi connectivity index (χ3v) is 4.25. The van der Waals surface area contributed by atoms with Crippen LogP contribution in [-0.2, 0) is 4.79 Å². The van der Waals surface area contributed by atoms with Crippen molar-refractivity contribution >= 4 is 17.5 Å². The van der Waals surface area contributed by atoms with Gasteiger partial charge in [0.25, 0.3) is 0 Å². The Labute approximate surface area is 85.7 Å². The van der Waals surface area contributed by atoms with Gasteiger partial charge in [0.05, 0.1) is 0 Å². The fourth-order valence-corrected chi connectivity index (χ4v) is 2.78. The van der Waals surface area contributed by atoms with Crippen LogP contribution in [0.1, 0.15) is 46.0 Å². The van der Waals surface area contributed by atoms with Gasteiger partial charge < -0.3 is 0 Å². The maximum Gasteiger partial charge on any atom is 0.136 e. The maximum atomic E-state index is 11.3. The average molecular weight is 200 g/mol. The van der Waals surface area contributed by atoms with Gasteiger partial charge in [0.2, 0.25) is 0 Å². The highest BCUT2D eigenvalue weighted by Gasteiger charge is 2.23. The molecule has 2 atom stereocenters. The van der Waals surface area contributed by atoms with Gasteiger partial charge in [-0.2, -0.15) is 11.8 Å². The molecule has 0 aromatic carbocycles. The van der Waals surface area contributed by atoms with E-state index in [0.717, 1.165) is 30.9 Å². The van der Waals surface area contributed by atoms with Crippen molar-refractivity contribution in [3.63, 3.8) is 0 Å². The molecular formula is C11H20OS. The topological polar surface area (TPSA) is 17.1 Å². The molecule has 76 valence electrons. The second-order valence-electron chi connectivity index (χ2n) is 3.93. The van der Waals surface area contributed by atoms with Gasteiger partial charge in [0.1, 0.15) is 5.78 Å². The minimum Gasteiger partial charge on any atom is -0.299 e. The average Bonchev–Trinajstić information content (AvgIpc) is 2.52. The van der Waals surface area contributed by atoms with Gasteiger partial charge in [-0.1, -0.05) is 13.8 Å². The van der Waals surface area contributed by atoms with Crippen molar-refractivity contribution in [2.45, 2.75) is 51.2 Å². The molecule has 0 aromatic heterocycles. The van der Waals surface area contributed by atoms with Crippen LogP contribution >= 0.6 is 11.8 Å². The lowest BCUT2D eigenvalue weighted by Crippen LogP contribution is -2.08. The SMILES string of the molecule is CCC(C)SCCC1CCCC1=O. The normalized spacial score (nSPS) is 25.1. The summed E-state index contributed by atoms with van der Waals surface area (Å²) in [7, 11) is 0. The predicted octanol–water partition coefficient (Wildman–Crippen LogP) is 3.28. The Morgan fingerprint density at radius 1 is 1.62 bits per heavy atom. The second-order valence-corrected chi connectivity index (χ2v) is 5.48. The van der Waals surface area contributed by atoms with Crippen molar-refractivity contribution in [3.8, 4) is 0 Å². The largest absolute Gasteiger partial charge is 0.299 e. The Balaban J connectivity index is 2.08. The number of thioether (sulfide) groups is 1. The second kappa shape index (κ2) is 5.69. The molecule has 2 heteroatoms. The molecule has 1 rings (SSSR count). The fourth-order valence-electron chi connectivity index (χ4n) is 1.72. The first-order chi connectivity index (χ1) is 6.24. The van der Waals surface area contributed by atoms with E-state index >= 15 is 0 Å². The summed E-state index contributed by atoms with van der Waals surface area (Å²) in [5, 5.41) is 0.761. The summed E-state index contributed by atoms with van der Waals surface area (Å²) in [5.41, 5.74) is 0. The standard InChI is InChI=1S/C11H20OS/c1-3-9(2)13-8-7-10-5-4-6-11(10)12/h9-10H,3-8H2,1-2H3. The highest BCUT2D eigenvalue weighted by atomic mass is 32.2. The minimum absolute atomic E-state index is 0.413. The zero-order valence-corrected chi connectivity index (χ0v) is 9.53. The van der Waals surface area contributed by atoms with Gasteiger partial charge in [-0.25, -0.2) is 0 Å². The van der Waals surface area contributed by atoms with E-state index in [1.807, 2.05) is 11.8 Å². The van der Waals surface area contributed by atoms with Crippen molar-refractivity contribution in [2.24, 2.45) is 5.92 Å². The van der Waals surface area contributed by atoms with Gasteiger partial charge in [0.15, 0.2) is 0 Å². The van der Waals surface area contributed by atoms with Crippen LogP contribution in [0.3, 0.4) is 0 Å². The molecule has 1 aliphatic rings. The molecule has 1 nitrogen and oxygen atoms in total. The van der Waals surface area contributed by atoms with Crippen LogP contribution < -0.4 is 0 Å². The summed E-state index contributed by atoms with van der Waals surface area (Å²) in [5.74, 6) is 2.10. The van der Waals surface area contributed by atoms with E-state index in [-0.39, 0.29) is 0 Å². The van der Waals surface area contributed by atoms with Gasteiger partial charge in [-0.05, 0) is 31.4 Å². The molecule has 1 aliphatic carbocycles. The Hall–Kier alpha value is 0.0200. The third-order valence-electron chi connectivity index (χ3n) is 2.87. The summed E-state index contributed by atoms with van der Waals surface area (Å²) in [6, 6.07) is 0. The van der Waals surface area contributed by atoms with Crippen LogP contribution in [0.2, 0.25) is 0 Å². The fraction of sp³-hybridized carbons (Fsp3) is 0.909. The molecule has 0 aliphatic heterocycles. The number of hydrogen-bond acceptors (Lipinski definition) is 2. The van der Waals surface area contributed by atoms with Crippen molar-refractivity contribution in [1.29, 1.82) is 0 Å².